The van der Waals surface area contributed by atoms with Crippen molar-refractivity contribution in [2.45, 2.75) is 71.8 Å². The summed E-state index contributed by atoms with van der Waals surface area (Å²) in [5.41, 5.74) is -0.609. The van der Waals surface area contributed by atoms with E-state index in [1.54, 1.807) is 20.8 Å². The Labute approximate surface area is 125 Å². The first-order chi connectivity index (χ1) is 9.49. The van der Waals surface area contributed by atoms with E-state index in [4.69, 9.17) is 4.74 Å². The highest BCUT2D eigenvalue weighted by Crippen LogP contribution is 2.27. The molecule has 0 aliphatic carbocycles. The smallest absolute Gasteiger partial charge is 0.407 e. The molecule has 126 valence electrons. The lowest BCUT2D eigenvalue weighted by Crippen LogP contribution is -2.45. The Kier molecular flexibility index (Phi) is 7.50. The van der Waals surface area contributed by atoms with Gasteiger partial charge in [0.15, 0.2) is 0 Å². The maximum atomic E-state index is 12.6. The predicted octanol–water partition coefficient (Wildman–Crippen LogP) is 3.56. The summed E-state index contributed by atoms with van der Waals surface area (Å²) in [6.07, 6.45) is -4.32. The van der Waals surface area contributed by atoms with Crippen LogP contribution in [0.15, 0.2) is 0 Å². The lowest BCUT2D eigenvalue weighted by atomic mass is 10.2. The van der Waals surface area contributed by atoms with Crippen molar-refractivity contribution in [1.29, 1.82) is 0 Å². The normalized spacial score (nSPS) is 21.3. The SMILES string of the molecule is CC.CC(N1CCC(NC(=O)OC(C)(C)C)C1)C(F)(F)F. The Bertz CT molecular complexity index is 327. The van der Waals surface area contributed by atoms with Crippen LogP contribution >= 0.6 is 0 Å². The highest BCUT2D eigenvalue weighted by Gasteiger charge is 2.42. The van der Waals surface area contributed by atoms with Crippen molar-refractivity contribution in [2.24, 2.45) is 0 Å². The third-order valence-corrected chi connectivity index (χ3v) is 2.96. The van der Waals surface area contributed by atoms with Crippen LogP contribution in [0.3, 0.4) is 0 Å². The second kappa shape index (κ2) is 7.87. The molecule has 0 aromatic carbocycles. The Morgan fingerprint density at radius 3 is 2.24 bits per heavy atom. The molecule has 0 aromatic heterocycles. The van der Waals surface area contributed by atoms with E-state index in [0.29, 0.717) is 13.0 Å². The molecule has 1 amide bonds. The van der Waals surface area contributed by atoms with Crippen LogP contribution in [-0.4, -0.2) is 47.9 Å². The van der Waals surface area contributed by atoms with Gasteiger partial charge in [-0.3, -0.25) is 4.90 Å². The number of rotatable bonds is 2. The minimum absolute atomic E-state index is 0.194. The van der Waals surface area contributed by atoms with Crippen LogP contribution in [0.5, 0.6) is 0 Å². The zero-order chi connectivity index (χ0) is 16.8. The molecule has 2 atom stereocenters. The zero-order valence-corrected chi connectivity index (χ0v) is 13.7. The molecule has 0 saturated carbocycles. The van der Waals surface area contributed by atoms with Crippen molar-refractivity contribution in [3.05, 3.63) is 0 Å². The largest absolute Gasteiger partial charge is 0.444 e. The number of alkyl carbamates (subject to hydrolysis) is 1. The second-order valence-electron chi connectivity index (χ2n) is 5.84. The molecular weight excluding hydrogens is 285 g/mol. The van der Waals surface area contributed by atoms with Crippen LogP contribution in [0.2, 0.25) is 0 Å². The molecule has 4 nitrogen and oxygen atoms in total. The maximum absolute atomic E-state index is 12.6. The summed E-state index contributed by atoms with van der Waals surface area (Å²) in [6.45, 7) is 10.9. The van der Waals surface area contributed by atoms with E-state index in [1.807, 2.05) is 13.8 Å². The first-order valence-corrected chi connectivity index (χ1v) is 7.29. The van der Waals surface area contributed by atoms with Crippen molar-refractivity contribution >= 4 is 6.09 Å². The number of nitrogens with one attached hydrogen (secondary N) is 1. The quantitative estimate of drug-likeness (QED) is 0.847. The van der Waals surface area contributed by atoms with Gasteiger partial charge in [0.05, 0.1) is 0 Å². The van der Waals surface area contributed by atoms with Gasteiger partial charge in [-0.25, -0.2) is 4.79 Å². The number of halogens is 3. The summed E-state index contributed by atoms with van der Waals surface area (Å²) < 4.78 is 42.7. The summed E-state index contributed by atoms with van der Waals surface area (Å²) >= 11 is 0. The zero-order valence-electron chi connectivity index (χ0n) is 13.7. The standard InChI is InChI=1S/C12H21F3N2O2.C2H6/c1-8(12(13,14)15)17-6-5-9(7-17)16-10(18)19-11(2,3)4;1-2/h8-9H,5-7H2,1-4H3,(H,16,18);1-2H3. The van der Waals surface area contributed by atoms with Gasteiger partial charge in [0, 0.05) is 19.1 Å². The Morgan fingerprint density at radius 1 is 1.29 bits per heavy atom. The van der Waals surface area contributed by atoms with Gasteiger partial charge >= 0.3 is 12.3 Å². The molecule has 1 aliphatic heterocycles. The molecule has 1 N–H and O–H groups in total. The molecule has 2 unspecified atom stereocenters. The van der Waals surface area contributed by atoms with Gasteiger partial charge in [-0.15, -0.1) is 0 Å². The Balaban J connectivity index is 0.00000191. The van der Waals surface area contributed by atoms with Crippen molar-refractivity contribution in [2.75, 3.05) is 13.1 Å². The highest BCUT2D eigenvalue weighted by molar-refractivity contribution is 5.68. The van der Waals surface area contributed by atoms with Crippen molar-refractivity contribution in [3.8, 4) is 0 Å². The molecule has 0 bridgehead atoms. The molecule has 0 aromatic rings. The minimum Gasteiger partial charge on any atom is -0.444 e. The number of likely N-dealkylation sites (tertiary alicyclic amines) is 1. The van der Waals surface area contributed by atoms with Crippen LogP contribution in [0, 0.1) is 0 Å². The Morgan fingerprint density at radius 2 is 1.81 bits per heavy atom. The monoisotopic (exact) mass is 312 g/mol. The van der Waals surface area contributed by atoms with Gasteiger partial charge in [0.1, 0.15) is 11.6 Å². The molecule has 0 radical (unpaired) electrons. The van der Waals surface area contributed by atoms with E-state index >= 15 is 0 Å². The number of amides is 1. The Hall–Kier alpha value is -0.980. The average Bonchev–Trinajstić information content (AvgIpc) is 2.75. The fourth-order valence-electron chi connectivity index (χ4n) is 1.94. The third kappa shape index (κ3) is 7.55. The molecular formula is C14H27F3N2O2. The van der Waals surface area contributed by atoms with E-state index in [1.165, 1.54) is 4.90 Å². The highest BCUT2D eigenvalue weighted by atomic mass is 19.4. The van der Waals surface area contributed by atoms with Gasteiger partial charge in [0.2, 0.25) is 0 Å². The van der Waals surface area contributed by atoms with Crippen LogP contribution in [0.1, 0.15) is 48.0 Å². The van der Waals surface area contributed by atoms with E-state index in [2.05, 4.69) is 5.32 Å². The fourth-order valence-corrected chi connectivity index (χ4v) is 1.94. The predicted molar refractivity (Wildman–Crippen MR) is 76.2 cm³/mol. The first-order valence-electron chi connectivity index (χ1n) is 7.29. The average molecular weight is 312 g/mol. The molecule has 1 aliphatic rings. The molecule has 0 spiro atoms. The lowest BCUT2D eigenvalue weighted by Gasteiger charge is -2.26. The van der Waals surface area contributed by atoms with Crippen molar-refractivity contribution in [1.82, 2.24) is 10.2 Å². The van der Waals surface area contributed by atoms with E-state index < -0.39 is 23.9 Å². The molecule has 1 saturated heterocycles. The van der Waals surface area contributed by atoms with Gasteiger partial charge < -0.3 is 10.1 Å². The molecule has 1 fully saturated rings. The number of hydrogen-bond acceptors (Lipinski definition) is 3. The van der Waals surface area contributed by atoms with Crippen LogP contribution < -0.4 is 5.32 Å². The summed E-state index contributed by atoms with van der Waals surface area (Å²) in [5, 5.41) is 2.60. The minimum atomic E-state index is -4.24. The number of alkyl halides is 3. The number of carbonyl (C=O) groups is 1. The number of nitrogens with zero attached hydrogens (tertiary/aromatic N) is 1. The van der Waals surface area contributed by atoms with Crippen LogP contribution in [0.4, 0.5) is 18.0 Å². The summed E-state index contributed by atoms with van der Waals surface area (Å²) in [5.74, 6) is 0. The first kappa shape index (κ1) is 20.0. The topological polar surface area (TPSA) is 41.6 Å². The van der Waals surface area contributed by atoms with Crippen LogP contribution in [-0.2, 0) is 4.74 Å². The number of hydrogen-bond donors (Lipinski definition) is 1. The van der Waals surface area contributed by atoms with Crippen molar-refractivity contribution in [3.63, 3.8) is 0 Å². The van der Waals surface area contributed by atoms with Gasteiger partial charge in [-0.05, 0) is 34.1 Å². The molecule has 7 heteroatoms. The lowest BCUT2D eigenvalue weighted by molar-refractivity contribution is -0.176. The van der Waals surface area contributed by atoms with Gasteiger partial charge in [0.25, 0.3) is 0 Å². The molecule has 1 heterocycles. The summed E-state index contributed by atoms with van der Waals surface area (Å²) in [4.78, 5) is 12.8. The van der Waals surface area contributed by atoms with Crippen LogP contribution in [0.25, 0.3) is 0 Å². The maximum Gasteiger partial charge on any atom is 0.407 e. The fraction of sp³-hybridized carbons (Fsp3) is 0.929. The number of carbonyl (C=O) groups excluding carboxylic acids is 1. The molecule has 1 rings (SSSR count). The van der Waals surface area contributed by atoms with E-state index in [0.717, 1.165) is 6.92 Å². The van der Waals surface area contributed by atoms with E-state index in [-0.39, 0.29) is 12.6 Å². The van der Waals surface area contributed by atoms with E-state index in [9.17, 15) is 18.0 Å². The van der Waals surface area contributed by atoms with Gasteiger partial charge in [-0.1, -0.05) is 13.8 Å². The number of ether oxygens (including phenoxy) is 1. The second-order valence-corrected chi connectivity index (χ2v) is 5.84. The summed E-state index contributed by atoms with van der Waals surface area (Å²) in [6, 6.07) is -1.78. The van der Waals surface area contributed by atoms with Crippen molar-refractivity contribution < 1.29 is 22.7 Å². The molecule has 21 heavy (non-hydrogen) atoms. The van der Waals surface area contributed by atoms with Gasteiger partial charge in [-0.2, -0.15) is 13.2 Å². The third-order valence-electron chi connectivity index (χ3n) is 2.96. The summed E-state index contributed by atoms with van der Waals surface area (Å²) in [7, 11) is 0.